The minimum atomic E-state index is -4.18. The SMILES string of the molecule is CSCCCNC(=NCc1nnc(C)n1C)NCCC(F)(F)F.I. The van der Waals surface area contributed by atoms with Gasteiger partial charge in [0.2, 0.25) is 0 Å². The lowest BCUT2D eigenvalue weighted by molar-refractivity contribution is -0.132. The van der Waals surface area contributed by atoms with Gasteiger partial charge in [0, 0.05) is 20.1 Å². The summed E-state index contributed by atoms with van der Waals surface area (Å²) in [4.78, 5) is 4.28. The fourth-order valence-corrected chi connectivity index (χ4v) is 2.09. The van der Waals surface area contributed by atoms with Crippen LogP contribution >= 0.6 is 35.7 Å². The molecule has 1 aromatic heterocycles. The molecule has 0 unspecified atom stereocenters. The first-order valence-corrected chi connectivity index (χ1v) is 8.65. The molecule has 0 spiro atoms. The second-order valence-electron chi connectivity index (χ2n) is 4.95. The first-order chi connectivity index (χ1) is 10.8. The van der Waals surface area contributed by atoms with Crippen LogP contribution in [0, 0.1) is 6.92 Å². The third kappa shape index (κ3) is 9.55. The molecule has 2 N–H and O–H groups in total. The fraction of sp³-hybridized carbons (Fsp3) is 0.769. The lowest BCUT2D eigenvalue weighted by Crippen LogP contribution is -2.39. The number of nitrogens with one attached hydrogen (secondary N) is 2. The zero-order valence-electron chi connectivity index (χ0n) is 14.0. The molecule has 0 bridgehead atoms. The standard InChI is InChI=1S/C13H23F3N6S.HI/c1-10-20-21-11(22(10)2)9-19-12(17-6-4-8-23-3)18-7-5-13(14,15)16;/h4-9H2,1-3H3,(H2,17,18,19);1H. The van der Waals surface area contributed by atoms with Crippen molar-refractivity contribution in [3.05, 3.63) is 11.6 Å². The molecule has 11 heteroatoms. The molecule has 1 aromatic rings. The van der Waals surface area contributed by atoms with E-state index in [1.807, 2.05) is 20.2 Å². The van der Waals surface area contributed by atoms with Gasteiger partial charge in [-0.3, -0.25) is 0 Å². The number of guanidine groups is 1. The zero-order chi connectivity index (χ0) is 17.3. The van der Waals surface area contributed by atoms with Gasteiger partial charge in [-0.1, -0.05) is 0 Å². The van der Waals surface area contributed by atoms with Gasteiger partial charge in [0.1, 0.15) is 12.4 Å². The van der Waals surface area contributed by atoms with E-state index in [2.05, 4.69) is 25.8 Å². The number of alkyl halides is 3. The average Bonchev–Trinajstić information content (AvgIpc) is 2.79. The maximum Gasteiger partial charge on any atom is 0.390 e. The Balaban J connectivity index is 0.00000529. The Morgan fingerprint density at radius 1 is 1.25 bits per heavy atom. The highest BCUT2D eigenvalue weighted by Crippen LogP contribution is 2.18. The molecular formula is C13H24F3IN6S. The third-order valence-electron chi connectivity index (χ3n) is 3.08. The molecule has 0 aliphatic heterocycles. The fourth-order valence-electron chi connectivity index (χ4n) is 1.66. The van der Waals surface area contributed by atoms with E-state index in [1.165, 1.54) is 0 Å². The monoisotopic (exact) mass is 480 g/mol. The van der Waals surface area contributed by atoms with Gasteiger partial charge in [-0.15, -0.1) is 34.2 Å². The van der Waals surface area contributed by atoms with E-state index in [0.717, 1.165) is 18.0 Å². The van der Waals surface area contributed by atoms with Crippen LogP contribution in [0.4, 0.5) is 13.2 Å². The van der Waals surface area contributed by atoms with Crippen molar-refractivity contribution in [2.75, 3.05) is 25.1 Å². The van der Waals surface area contributed by atoms with Crippen molar-refractivity contribution in [1.29, 1.82) is 0 Å². The molecule has 0 aliphatic carbocycles. The van der Waals surface area contributed by atoms with E-state index in [0.29, 0.717) is 18.3 Å². The minimum absolute atomic E-state index is 0. The van der Waals surface area contributed by atoms with Crippen molar-refractivity contribution < 1.29 is 13.2 Å². The van der Waals surface area contributed by atoms with Crippen molar-refractivity contribution >= 4 is 41.7 Å². The molecule has 0 atom stereocenters. The van der Waals surface area contributed by atoms with E-state index in [-0.39, 0.29) is 37.1 Å². The molecular weight excluding hydrogens is 456 g/mol. The summed E-state index contributed by atoms with van der Waals surface area (Å²) in [6.07, 6.45) is -2.17. The Morgan fingerprint density at radius 2 is 1.92 bits per heavy atom. The average molecular weight is 480 g/mol. The zero-order valence-corrected chi connectivity index (χ0v) is 17.1. The summed E-state index contributed by atoms with van der Waals surface area (Å²) in [5.74, 6) is 2.75. The predicted molar refractivity (Wildman–Crippen MR) is 102 cm³/mol. The van der Waals surface area contributed by atoms with Crippen LogP contribution < -0.4 is 10.6 Å². The maximum absolute atomic E-state index is 12.2. The molecule has 0 aliphatic rings. The first-order valence-electron chi connectivity index (χ1n) is 7.26. The molecule has 0 saturated heterocycles. The van der Waals surface area contributed by atoms with Crippen molar-refractivity contribution in [2.45, 2.75) is 32.5 Å². The normalized spacial score (nSPS) is 12.0. The molecule has 0 fully saturated rings. The number of hydrogen-bond donors (Lipinski definition) is 2. The summed E-state index contributed by atoms with van der Waals surface area (Å²) >= 11 is 1.72. The van der Waals surface area contributed by atoms with Crippen LogP contribution in [0.15, 0.2) is 4.99 Å². The summed E-state index contributed by atoms with van der Waals surface area (Å²) in [5.41, 5.74) is 0. The Morgan fingerprint density at radius 3 is 2.46 bits per heavy atom. The number of hydrogen-bond acceptors (Lipinski definition) is 4. The van der Waals surface area contributed by atoms with Gasteiger partial charge in [0.25, 0.3) is 0 Å². The van der Waals surface area contributed by atoms with E-state index < -0.39 is 12.6 Å². The third-order valence-corrected chi connectivity index (χ3v) is 3.78. The summed E-state index contributed by atoms with van der Waals surface area (Å²) in [7, 11) is 1.82. The van der Waals surface area contributed by atoms with Crippen molar-refractivity contribution in [3.8, 4) is 0 Å². The van der Waals surface area contributed by atoms with Gasteiger partial charge >= 0.3 is 6.18 Å². The Labute approximate surface area is 161 Å². The van der Waals surface area contributed by atoms with Crippen LogP contribution in [0.2, 0.25) is 0 Å². The lowest BCUT2D eigenvalue weighted by atomic mass is 10.4. The van der Waals surface area contributed by atoms with Crippen LogP contribution in [-0.4, -0.2) is 52.0 Å². The highest BCUT2D eigenvalue weighted by molar-refractivity contribution is 14.0. The van der Waals surface area contributed by atoms with Gasteiger partial charge in [-0.25, -0.2) is 4.99 Å². The van der Waals surface area contributed by atoms with Crippen LogP contribution in [0.1, 0.15) is 24.5 Å². The molecule has 0 saturated carbocycles. The molecule has 1 heterocycles. The Kier molecular flexibility index (Phi) is 11.4. The molecule has 0 aromatic carbocycles. The Bertz CT molecular complexity index is 506. The second kappa shape index (κ2) is 11.8. The largest absolute Gasteiger partial charge is 0.390 e. The molecule has 24 heavy (non-hydrogen) atoms. The number of aryl methyl sites for hydroxylation is 1. The summed E-state index contributed by atoms with van der Waals surface area (Å²) in [6.45, 7) is 2.51. The van der Waals surface area contributed by atoms with Gasteiger partial charge in [-0.05, 0) is 25.4 Å². The van der Waals surface area contributed by atoms with E-state index in [9.17, 15) is 13.2 Å². The quantitative estimate of drug-likeness (QED) is 0.259. The van der Waals surface area contributed by atoms with Crippen molar-refractivity contribution in [1.82, 2.24) is 25.4 Å². The molecule has 6 nitrogen and oxygen atoms in total. The van der Waals surface area contributed by atoms with Crippen LogP contribution in [0.5, 0.6) is 0 Å². The Hall–Kier alpha value is -0.720. The predicted octanol–water partition coefficient (Wildman–Crippen LogP) is 2.48. The van der Waals surface area contributed by atoms with Crippen LogP contribution in [0.25, 0.3) is 0 Å². The topological polar surface area (TPSA) is 67.1 Å². The number of aromatic nitrogens is 3. The van der Waals surface area contributed by atoms with Crippen LogP contribution in [0.3, 0.4) is 0 Å². The summed E-state index contributed by atoms with van der Waals surface area (Å²) < 4.78 is 38.5. The van der Waals surface area contributed by atoms with E-state index in [1.54, 1.807) is 16.3 Å². The second-order valence-corrected chi connectivity index (χ2v) is 5.94. The van der Waals surface area contributed by atoms with Gasteiger partial charge in [-0.2, -0.15) is 24.9 Å². The number of nitrogens with zero attached hydrogens (tertiary/aromatic N) is 4. The van der Waals surface area contributed by atoms with Crippen molar-refractivity contribution in [3.63, 3.8) is 0 Å². The summed E-state index contributed by atoms with van der Waals surface area (Å²) in [6, 6.07) is 0. The van der Waals surface area contributed by atoms with Crippen LogP contribution in [-0.2, 0) is 13.6 Å². The maximum atomic E-state index is 12.2. The summed E-state index contributed by atoms with van der Waals surface area (Å²) in [5, 5.41) is 13.7. The number of rotatable bonds is 8. The highest BCUT2D eigenvalue weighted by Gasteiger charge is 2.26. The minimum Gasteiger partial charge on any atom is -0.356 e. The first kappa shape index (κ1) is 23.3. The number of thioether (sulfide) groups is 1. The van der Waals surface area contributed by atoms with E-state index >= 15 is 0 Å². The van der Waals surface area contributed by atoms with Gasteiger partial charge in [0.15, 0.2) is 11.8 Å². The molecule has 0 amide bonds. The van der Waals surface area contributed by atoms with Crippen molar-refractivity contribution in [2.24, 2.45) is 12.0 Å². The smallest absolute Gasteiger partial charge is 0.356 e. The highest BCUT2D eigenvalue weighted by atomic mass is 127. The van der Waals surface area contributed by atoms with Gasteiger partial charge < -0.3 is 15.2 Å². The lowest BCUT2D eigenvalue weighted by Gasteiger charge is -2.13. The number of aliphatic imine (C=N–C) groups is 1. The molecule has 0 radical (unpaired) electrons. The van der Waals surface area contributed by atoms with Gasteiger partial charge in [0.05, 0.1) is 6.42 Å². The van der Waals surface area contributed by atoms with E-state index in [4.69, 9.17) is 0 Å². The number of halogens is 4. The molecule has 140 valence electrons. The molecule has 1 rings (SSSR count).